The Labute approximate surface area is 502 Å². The van der Waals surface area contributed by atoms with Crippen LogP contribution in [0.2, 0.25) is 0 Å². The summed E-state index contributed by atoms with van der Waals surface area (Å²) < 4.78 is 5.50. The molecule has 0 aromatic rings. The Balaban J connectivity index is 3.28. The molecule has 2 unspecified atom stereocenters. The van der Waals surface area contributed by atoms with Crippen LogP contribution in [0.25, 0.3) is 0 Å². The Morgan fingerprint density at radius 3 is 0.762 bits per heavy atom. The zero-order valence-electron chi connectivity index (χ0n) is 54.9. The third-order valence-electron chi connectivity index (χ3n) is 17.9. The zero-order valence-corrected chi connectivity index (χ0v) is 54.9. The molecule has 0 spiro atoms. The van der Waals surface area contributed by atoms with E-state index in [1.807, 2.05) is 0 Å². The summed E-state index contributed by atoms with van der Waals surface area (Å²) in [6.07, 6.45) is 86.1. The molecule has 6 heteroatoms. The van der Waals surface area contributed by atoms with Gasteiger partial charge in [0.1, 0.15) is 0 Å². The molecule has 0 bridgehead atoms. The van der Waals surface area contributed by atoms with Crippen molar-refractivity contribution >= 4 is 11.9 Å². The van der Waals surface area contributed by atoms with Crippen molar-refractivity contribution in [2.75, 3.05) is 13.2 Å². The topological polar surface area (TPSA) is 95.9 Å². The number of ether oxygens (including phenoxy) is 1. The van der Waals surface area contributed by atoms with Gasteiger partial charge in [0, 0.05) is 12.8 Å². The van der Waals surface area contributed by atoms with Gasteiger partial charge in [0.25, 0.3) is 0 Å². The minimum absolute atomic E-state index is 0.0260. The first kappa shape index (κ1) is 78.9. The minimum Gasteiger partial charge on any atom is -0.466 e. The van der Waals surface area contributed by atoms with Crippen LogP contribution in [0.1, 0.15) is 438 Å². The average molecular weight is 1130 g/mol. The Morgan fingerprint density at radius 1 is 0.300 bits per heavy atom. The molecule has 0 fully saturated rings. The highest BCUT2D eigenvalue weighted by atomic mass is 16.5. The molecule has 1 amide bonds. The van der Waals surface area contributed by atoms with Crippen molar-refractivity contribution in [3.05, 3.63) is 0 Å². The predicted molar refractivity (Wildman–Crippen MR) is 352 cm³/mol. The molecule has 0 rings (SSSR count). The fourth-order valence-electron chi connectivity index (χ4n) is 12.2. The molecular formula is C74H147NO5. The maximum Gasteiger partial charge on any atom is 0.305 e. The van der Waals surface area contributed by atoms with E-state index in [2.05, 4.69) is 19.2 Å². The molecule has 0 aromatic carbocycles. The molecule has 0 saturated heterocycles. The number of esters is 1. The summed E-state index contributed by atoms with van der Waals surface area (Å²) in [7, 11) is 0. The molecule has 0 aromatic heterocycles. The van der Waals surface area contributed by atoms with Gasteiger partial charge in [-0.2, -0.15) is 0 Å². The lowest BCUT2D eigenvalue weighted by Crippen LogP contribution is -2.45. The Kier molecular flexibility index (Phi) is 69.3. The monoisotopic (exact) mass is 1130 g/mol. The van der Waals surface area contributed by atoms with Gasteiger partial charge in [0.2, 0.25) is 5.91 Å². The number of carbonyl (C=O) groups excluding carboxylic acids is 2. The molecule has 0 aliphatic rings. The fraction of sp³-hybridized carbons (Fsp3) is 0.973. The summed E-state index contributed by atoms with van der Waals surface area (Å²) in [6, 6.07) is -0.536. The quantitative estimate of drug-likeness (QED) is 0.0417. The van der Waals surface area contributed by atoms with E-state index in [4.69, 9.17) is 4.74 Å². The predicted octanol–water partition coefficient (Wildman–Crippen LogP) is 24.2. The molecule has 80 heavy (non-hydrogen) atoms. The van der Waals surface area contributed by atoms with Gasteiger partial charge < -0.3 is 20.3 Å². The highest BCUT2D eigenvalue weighted by Crippen LogP contribution is 2.20. The summed E-state index contributed by atoms with van der Waals surface area (Å²) >= 11 is 0. The number of rotatable bonds is 71. The molecule has 2 atom stereocenters. The molecular weight excluding hydrogens is 983 g/mol. The van der Waals surface area contributed by atoms with Crippen molar-refractivity contribution in [1.29, 1.82) is 0 Å². The lowest BCUT2D eigenvalue weighted by Gasteiger charge is -2.22. The van der Waals surface area contributed by atoms with Crippen LogP contribution in [0.5, 0.6) is 0 Å². The molecule has 0 aliphatic heterocycles. The SMILES string of the molecule is CCCCCCCCCCCCCCCCC(=O)OCCCCCCCCCCCCCCCCCCCCCCCCCCCCCCCCCCCCCC(=O)NC(CO)C(O)CCCCCCCCCCCCCCCC. The average Bonchev–Trinajstić information content (AvgIpc) is 3.46. The van der Waals surface area contributed by atoms with E-state index in [1.165, 1.54) is 366 Å². The van der Waals surface area contributed by atoms with Gasteiger partial charge in [-0.05, 0) is 25.7 Å². The summed E-state index contributed by atoms with van der Waals surface area (Å²) in [5.41, 5.74) is 0. The first-order valence-electron chi connectivity index (χ1n) is 37.3. The minimum atomic E-state index is -0.659. The van der Waals surface area contributed by atoms with Crippen LogP contribution in [-0.2, 0) is 14.3 Å². The molecule has 0 saturated carbocycles. The first-order chi connectivity index (χ1) is 39.5. The first-order valence-corrected chi connectivity index (χ1v) is 37.3. The lowest BCUT2D eigenvalue weighted by molar-refractivity contribution is -0.143. The summed E-state index contributed by atoms with van der Waals surface area (Å²) in [6.45, 7) is 5.00. The maximum absolute atomic E-state index is 12.5. The zero-order chi connectivity index (χ0) is 57.8. The molecule has 478 valence electrons. The summed E-state index contributed by atoms with van der Waals surface area (Å²) in [5.74, 6) is -0.0000412. The highest BCUT2D eigenvalue weighted by molar-refractivity contribution is 5.76. The van der Waals surface area contributed by atoms with Crippen molar-refractivity contribution in [2.45, 2.75) is 450 Å². The second-order valence-electron chi connectivity index (χ2n) is 26.0. The molecule has 0 aliphatic carbocycles. The van der Waals surface area contributed by atoms with Gasteiger partial charge in [0.15, 0.2) is 0 Å². The normalized spacial score (nSPS) is 12.4. The van der Waals surface area contributed by atoms with E-state index in [0.717, 1.165) is 38.5 Å². The van der Waals surface area contributed by atoms with Crippen LogP contribution in [0.4, 0.5) is 0 Å². The van der Waals surface area contributed by atoms with Gasteiger partial charge in [-0.15, -0.1) is 0 Å². The van der Waals surface area contributed by atoms with Gasteiger partial charge >= 0.3 is 5.97 Å². The van der Waals surface area contributed by atoms with Crippen LogP contribution in [0.15, 0.2) is 0 Å². The van der Waals surface area contributed by atoms with Crippen molar-refractivity contribution in [3.63, 3.8) is 0 Å². The van der Waals surface area contributed by atoms with Crippen LogP contribution in [0, 0.1) is 0 Å². The number of hydrogen-bond donors (Lipinski definition) is 3. The van der Waals surface area contributed by atoms with Crippen molar-refractivity contribution < 1.29 is 24.5 Å². The number of aliphatic hydroxyl groups excluding tert-OH is 2. The molecule has 3 N–H and O–H groups in total. The lowest BCUT2D eigenvalue weighted by atomic mass is 10.0. The van der Waals surface area contributed by atoms with Crippen molar-refractivity contribution in [1.82, 2.24) is 5.32 Å². The number of amides is 1. The molecule has 0 heterocycles. The third kappa shape index (κ3) is 66.0. The molecule has 0 radical (unpaired) electrons. The van der Waals surface area contributed by atoms with E-state index in [1.54, 1.807) is 0 Å². The summed E-state index contributed by atoms with van der Waals surface area (Å²) in [4.78, 5) is 24.6. The standard InChI is InChI=1S/C74H147NO5/c1-3-5-7-9-11-13-15-17-42-46-50-54-58-62-66-72(77)71(70-76)75-73(78)67-63-59-55-51-47-43-40-38-36-34-32-30-28-26-24-22-20-19-21-23-25-27-29-31-33-35-37-39-41-45-49-53-57-61-65-69-80-74(79)68-64-60-56-52-48-44-18-16-14-12-10-8-6-4-2/h71-72,76-77H,3-70H2,1-2H3,(H,75,78). The van der Waals surface area contributed by atoms with Crippen LogP contribution in [-0.4, -0.2) is 47.4 Å². The van der Waals surface area contributed by atoms with Gasteiger partial charge in [-0.3, -0.25) is 9.59 Å². The molecule has 6 nitrogen and oxygen atoms in total. The number of hydrogen-bond acceptors (Lipinski definition) is 5. The van der Waals surface area contributed by atoms with Gasteiger partial charge in [0.05, 0.1) is 25.4 Å². The number of unbranched alkanes of at least 4 members (excludes halogenated alkanes) is 60. The second kappa shape index (κ2) is 70.3. The Hall–Kier alpha value is -1.14. The third-order valence-corrected chi connectivity index (χ3v) is 17.9. The fourth-order valence-corrected chi connectivity index (χ4v) is 12.2. The van der Waals surface area contributed by atoms with E-state index in [-0.39, 0.29) is 18.5 Å². The van der Waals surface area contributed by atoms with Gasteiger partial charge in [-0.25, -0.2) is 0 Å². The Bertz CT molecular complexity index is 1160. The maximum atomic E-state index is 12.5. The van der Waals surface area contributed by atoms with Crippen LogP contribution < -0.4 is 5.32 Å². The Morgan fingerprint density at radius 2 is 0.512 bits per heavy atom. The largest absolute Gasteiger partial charge is 0.466 e. The number of nitrogens with one attached hydrogen (secondary N) is 1. The van der Waals surface area contributed by atoms with Crippen molar-refractivity contribution in [3.8, 4) is 0 Å². The second-order valence-corrected chi connectivity index (χ2v) is 26.0. The van der Waals surface area contributed by atoms with E-state index in [9.17, 15) is 19.8 Å². The summed E-state index contributed by atoms with van der Waals surface area (Å²) in [5, 5.41) is 23.3. The van der Waals surface area contributed by atoms with E-state index >= 15 is 0 Å². The van der Waals surface area contributed by atoms with E-state index < -0.39 is 12.1 Å². The number of carbonyl (C=O) groups is 2. The highest BCUT2D eigenvalue weighted by Gasteiger charge is 2.20. The van der Waals surface area contributed by atoms with Crippen molar-refractivity contribution in [2.24, 2.45) is 0 Å². The van der Waals surface area contributed by atoms with E-state index in [0.29, 0.717) is 25.9 Å². The smallest absolute Gasteiger partial charge is 0.305 e. The van der Waals surface area contributed by atoms with Gasteiger partial charge in [-0.1, -0.05) is 399 Å². The number of aliphatic hydroxyl groups is 2. The van der Waals surface area contributed by atoms with Crippen LogP contribution >= 0.6 is 0 Å². The van der Waals surface area contributed by atoms with Crippen LogP contribution in [0.3, 0.4) is 0 Å².